The molecule has 9 nitrogen and oxygen atoms in total. The lowest BCUT2D eigenvalue weighted by Crippen LogP contribution is -2.65. The lowest BCUT2D eigenvalue weighted by atomic mass is 9.57. The molecule has 200 valence electrons. The fourth-order valence-electron chi connectivity index (χ4n) is 6.13. The van der Waals surface area contributed by atoms with E-state index in [1.54, 1.807) is 20.2 Å². The van der Waals surface area contributed by atoms with Gasteiger partial charge in [-0.3, -0.25) is 19.3 Å². The predicted molar refractivity (Wildman–Crippen MR) is 141 cm³/mol. The van der Waals surface area contributed by atoms with Gasteiger partial charge in [0, 0.05) is 11.5 Å². The number of amides is 1. The highest BCUT2D eigenvalue weighted by molar-refractivity contribution is 6.24. The van der Waals surface area contributed by atoms with E-state index in [-0.39, 0.29) is 29.7 Å². The van der Waals surface area contributed by atoms with E-state index in [0.717, 1.165) is 11.1 Å². The summed E-state index contributed by atoms with van der Waals surface area (Å²) in [6.45, 7) is 4.00. The molecule has 1 fully saturated rings. The number of carbonyl (C=O) groups excluding carboxylic acids is 3. The number of nitrogens with two attached hydrogens (primary N) is 1. The molecule has 2 aromatic carbocycles. The number of phenols is 1. The van der Waals surface area contributed by atoms with E-state index in [4.69, 9.17) is 5.73 Å². The van der Waals surface area contributed by atoms with Crippen LogP contribution in [0.15, 0.2) is 59.4 Å². The van der Waals surface area contributed by atoms with Crippen LogP contribution >= 0.6 is 0 Å². The van der Waals surface area contributed by atoms with Gasteiger partial charge in [-0.25, -0.2) is 0 Å². The maximum Gasteiger partial charge on any atom is 0.255 e. The molecule has 0 heterocycles. The van der Waals surface area contributed by atoms with Gasteiger partial charge in [-0.15, -0.1) is 0 Å². The molecule has 2 aromatic rings. The Morgan fingerprint density at radius 3 is 2.24 bits per heavy atom. The number of aliphatic hydroxyl groups is 3. The number of nitrogens with zero attached hydrogens (tertiary/aromatic N) is 1. The second-order valence-electron chi connectivity index (χ2n) is 9.81. The number of benzene rings is 2. The molecular formula is C29H32N2O7. The quantitative estimate of drug-likeness (QED) is 0.386. The predicted octanol–water partition coefficient (Wildman–Crippen LogP) is 2.66. The molecule has 2 unspecified atom stereocenters. The van der Waals surface area contributed by atoms with E-state index in [1.165, 1.54) is 11.0 Å². The highest BCUT2D eigenvalue weighted by Gasteiger charge is 2.64. The van der Waals surface area contributed by atoms with E-state index in [0.29, 0.717) is 5.56 Å². The molecule has 0 saturated heterocycles. The monoisotopic (exact) mass is 520 g/mol. The summed E-state index contributed by atoms with van der Waals surface area (Å²) in [5.74, 6) is -6.61. The molecule has 0 aromatic heterocycles. The molecule has 4 atom stereocenters. The first-order valence-corrected chi connectivity index (χ1v) is 12.5. The first-order chi connectivity index (χ1) is 18.0. The van der Waals surface area contributed by atoms with Gasteiger partial charge in [-0.1, -0.05) is 50.2 Å². The number of primary amides is 1. The largest absolute Gasteiger partial charge is 0.508 e. The molecule has 0 radical (unpaired) electrons. The van der Waals surface area contributed by atoms with Gasteiger partial charge >= 0.3 is 0 Å². The number of rotatable bonds is 3. The van der Waals surface area contributed by atoms with Crippen LogP contribution in [-0.4, -0.2) is 68.5 Å². The summed E-state index contributed by atoms with van der Waals surface area (Å²) in [4.78, 5) is 40.5. The van der Waals surface area contributed by atoms with Gasteiger partial charge in [0.2, 0.25) is 5.78 Å². The van der Waals surface area contributed by atoms with E-state index >= 15 is 0 Å². The van der Waals surface area contributed by atoms with Crippen molar-refractivity contribution >= 4 is 23.2 Å². The Hall–Kier alpha value is -3.95. The molecule has 3 aliphatic rings. The summed E-state index contributed by atoms with van der Waals surface area (Å²) in [6.07, 6.45) is 0.294. The minimum Gasteiger partial charge on any atom is -0.508 e. The Balaban J connectivity index is 0.00000164. The molecule has 0 bridgehead atoms. The van der Waals surface area contributed by atoms with E-state index in [2.05, 4.69) is 0 Å². The van der Waals surface area contributed by atoms with Gasteiger partial charge in [0.25, 0.3) is 5.91 Å². The zero-order chi connectivity index (χ0) is 28.1. The van der Waals surface area contributed by atoms with Crippen molar-refractivity contribution in [3.63, 3.8) is 0 Å². The van der Waals surface area contributed by atoms with Crippen LogP contribution in [0, 0.1) is 11.8 Å². The number of phenolic OH excluding ortho intramolecular Hbond substituents is 1. The van der Waals surface area contributed by atoms with Crippen molar-refractivity contribution < 1.29 is 34.8 Å². The molecule has 0 spiro atoms. The topological polar surface area (TPSA) is 161 Å². The van der Waals surface area contributed by atoms with Crippen molar-refractivity contribution in [3.8, 4) is 16.9 Å². The molecule has 6 N–H and O–H groups in total. The molecule has 1 saturated carbocycles. The minimum atomic E-state index is -2.64. The second-order valence-corrected chi connectivity index (χ2v) is 9.81. The Morgan fingerprint density at radius 2 is 1.66 bits per heavy atom. The third-order valence-corrected chi connectivity index (χ3v) is 7.69. The van der Waals surface area contributed by atoms with E-state index < -0.39 is 58.0 Å². The van der Waals surface area contributed by atoms with Crippen molar-refractivity contribution in [1.29, 1.82) is 0 Å². The lowest BCUT2D eigenvalue weighted by Gasteiger charge is -2.50. The zero-order valence-corrected chi connectivity index (χ0v) is 21.7. The van der Waals surface area contributed by atoms with Gasteiger partial charge in [0.05, 0.1) is 11.6 Å². The van der Waals surface area contributed by atoms with E-state index in [1.807, 2.05) is 44.2 Å². The maximum atomic E-state index is 13.8. The summed E-state index contributed by atoms with van der Waals surface area (Å²) in [7, 11) is 3.14. The summed E-state index contributed by atoms with van der Waals surface area (Å²) in [5.41, 5.74) is 4.04. The number of fused-ring (bicyclic) bond motifs is 3. The summed E-state index contributed by atoms with van der Waals surface area (Å²) in [5, 5.41) is 44.4. The van der Waals surface area contributed by atoms with Gasteiger partial charge in [0.1, 0.15) is 22.8 Å². The van der Waals surface area contributed by atoms with Crippen LogP contribution < -0.4 is 5.73 Å². The highest BCUT2D eigenvalue weighted by Crippen LogP contribution is 2.53. The number of ketones is 2. The Labute approximate surface area is 220 Å². The van der Waals surface area contributed by atoms with Crippen LogP contribution in [0.25, 0.3) is 16.9 Å². The molecule has 9 heteroatoms. The van der Waals surface area contributed by atoms with Crippen molar-refractivity contribution in [2.75, 3.05) is 14.1 Å². The molecule has 1 amide bonds. The normalized spacial score (nSPS) is 26.3. The maximum absolute atomic E-state index is 13.8. The molecule has 0 aliphatic heterocycles. The minimum absolute atomic E-state index is 0.0512. The van der Waals surface area contributed by atoms with Crippen LogP contribution in [0.2, 0.25) is 0 Å². The fourth-order valence-corrected chi connectivity index (χ4v) is 6.13. The van der Waals surface area contributed by atoms with Crippen LogP contribution in [0.1, 0.15) is 31.4 Å². The average molecular weight is 521 g/mol. The number of aliphatic hydroxyl groups excluding tert-OH is 2. The van der Waals surface area contributed by atoms with Crippen molar-refractivity contribution in [1.82, 2.24) is 4.90 Å². The first-order valence-electron chi connectivity index (χ1n) is 12.5. The van der Waals surface area contributed by atoms with Gasteiger partial charge in [0.15, 0.2) is 11.4 Å². The summed E-state index contributed by atoms with van der Waals surface area (Å²) in [6, 6.07) is 11.4. The summed E-state index contributed by atoms with van der Waals surface area (Å²) < 4.78 is 0. The molecular weight excluding hydrogens is 488 g/mol. The third-order valence-electron chi connectivity index (χ3n) is 7.69. The Bertz CT molecular complexity index is 1390. The molecule has 5 rings (SSSR count). The fraction of sp³-hybridized carbons (Fsp3) is 0.345. The molecule has 3 aliphatic carbocycles. The van der Waals surface area contributed by atoms with Crippen molar-refractivity contribution in [2.45, 2.75) is 38.3 Å². The number of hydrogen-bond acceptors (Lipinski definition) is 8. The van der Waals surface area contributed by atoms with Crippen LogP contribution in [-0.2, 0) is 20.8 Å². The number of aromatic hydroxyl groups is 1. The van der Waals surface area contributed by atoms with Crippen molar-refractivity contribution in [2.24, 2.45) is 17.6 Å². The lowest BCUT2D eigenvalue weighted by molar-refractivity contribution is -0.153. The van der Waals surface area contributed by atoms with Crippen LogP contribution in [0.4, 0.5) is 0 Å². The Kier molecular flexibility index (Phi) is 6.94. The standard InChI is InChI=1S/C27H26N2O7.C2H6/c1-29(2)21-16-11-13-10-15-14(12-6-4-3-5-7-12)8-9-17(30)19(15)22(31)18(13)24(33)27(16,36)25(34)20(23(21)32)26(28)35;1-2/h3-9,13,16,21,30-31,34,36H,10-11H2,1-2H3,(H2,28,35);1-2H3/t13?,16?,21-,27-;/m0./s1. The Morgan fingerprint density at radius 1 is 1.03 bits per heavy atom. The summed E-state index contributed by atoms with van der Waals surface area (Å²) >= 11 is 0. The average Bonchev–Trinajstić information content (AvgIpc) is 2.87. The van der Waals surface area contributed by atoms with Crippen LogP contribution in [0.3, 0.4) is 0 Å². The zero-order valence-electron chi connectivity index (χ0n) is 21.7. The molecule has 38 heavy (non-hydrogen) atoms. The SMILES string of the molecule is CC.CN(C)[C@@H]1C(=O)C(C(N)=O)=C(O)[C@@]2(O)C(=O)C3=C(O)c4c(O)ccc(-c5ccccc5)c4CC3CC12. The second kappa shape index (κ2) is 9.74. The van der Waals surface area contributed by atoms with E-state index in [9.17, 15) is 34.8 Å². The number of likely N-dealkylation sites (N-methyl/N-ethyl adjacent to an activating group) is 1. The van der Waals surface area contributed by atoms with Crippen molar-refractivity contribution in [3.05, 3.63) is 70.5 Å². The number of hydrogen-bond donors (Lipinski definition) is 5. The van der Waals surface area contributed by atoms with Gasteiger partial charge in [-0.2, -0.15) is 0 Å². The van der Waals surface area contributed by atoms with Crippen LogP contribution in [0.5, 0.6) is 5.75 Å². The number of carbonyl (C=O) groups is 3. The smallest absolute Gasteiger partial charge is 0.255 e. The first kappa shape index (κ1) is 27.1. The third kappa shape index (κ3) is 3.73. The highest BCUT2D eigenvalue weighted by atomic mass is 16.3. The number of Topliss-reactive ketones (excluding diaryl/α,β-unsaturated/α-hetero) is 2. The van der Waals surface area contributed by atoms with Gasteiger partial charge < -0.3 is 26.2 Å². The van der Waals surface area contributed by atoms with Gasteiger partial charge in [-0.05, 0) is 55.6 Å².